The average molecular weight is 314 g/mol. The number of phenolic OH excluding ortho intramolecular Hbond substituents is 1. The van der Waals surface area contributed by atoms with Crippen LogP contribution in [0, 0.1) is 6.92 Å². The highest BCUT2D eigenvalue weighted by molar-refractivity contribution is 5.71. The Morgan fingerprint density at radius 2 is 2.00 bits per heavy atom. The molecule has 0 saturated heterocycles. The standard InChI is InChI=1S/C11H15NO.C8H11NO/c1-2-3-4-5-10-6-7-11(9-13)12-8-10;1-6-5-7(9-2)3-4-8(6)10/h6-9H,2-5H2,1H3;3-5,9-10H,1-2H3. The lowest BCUT2D eigenvalue weighted by Crippen LogP contribution is -1.90. The highest BCUT2D eigenvalue weighted by Crippen LogP contribution is 2.19. The second kappa shape index (κ2) is 10.4. The van der Waals surface area contributed by atoms with Crippen molar-refractivity contribution in [2.24, 2.45) is 0 Å². The number of aldehydes is 1. The predicted octanol–water partition coefficient (Wildman–Crippen LogP) is 4.37. The van der Waals surface area contributed by atoms with Crippen LogP contribution >= 0.6 is 0 Å². The molecule has 0 aliphatic carbocycles. The number of aryl methyl sites for hydroxylation is 2. The van der Waals surface area contributed by atoms with Gasteiger partial charge in [-0.15, -0.1) is 0 Å². The summed E-state index contributed by atoms with van der Waals surface area (Å²) in [6.07, 6.45) is 7.34. The van der Waals surface area contributed by atoms with E-state index in [1.807, 2.05) is 32.2 Å². The first-order chi connectivity index (χ1) is 11.1. The summed E-state index contributed by atoms with van der Waals surface area (Å²) in [5.41, 5.74) is 3.65. The molecule has 4 heteroatoms. The van der Waals surface area contributed by atoms with Crippen LogP contribution in [0.3, 0.4) is 0 Å². The Hall–Kier alpha value is -2.36. The van der Waals surface area contributed by atoms with E-state index in [0.717, 1.165) is 24.0 Å². The number of nitrogens with zero attached hydrogens (tertiary/aromatic N) is 1. The number of hydrogen-bond donors (Lipinski definition) is 2. The van der Waals surface area contributed by atoms with Gasteiger partial charge in [-0.25, -0.2) is 0 Å². The minimum Gasteiger partial charge on any atom is -0.508 e. The van der Waals surface area contributed by atoms with Crippen molar-refractivity contribution in [3.8, 4) is 5.75 Å². The smallest absolute Gasteiger partial charge is 0.168 e. The molecule has 4 nitrogen and oxygen atoms in total. The Kier molecular flexibility index (Phi) is 8.43. The molecule has 23 heavy (non-hydrogen) atoms. The number of phenols is 1. The lowest BCUT2D eigenvalue weighted by atomic mass is 10.1. The third kappa shape index (κ3) is 6.96. The van der Waals surface area contributed by atoms with Crippen LogP contribution in [0.4, 0.5) is 5.69 Å². The normalized spacial score (nSPS) is 9.70. The number of nitrogens with one attached hydrogen (secondary N) is 1. The zero-order valence-electron chi connectivity index (χ0n) is 14.2. The van der Waals surface area contributed by atoms with Crippen LogP contribution < -0.4 is 5.32 Å². The van der Waals surface area contributed by atoms with Gasteiger partial charge in [0.15, 0.2) is 6.29 Å². The number of carbonyl (C=O) groups excluding carboxylic acids is 1. The lowest BCUT2D eigenvalue weighted by Gasteiger charge is -2.01. The molecule has 0 saturated carbocycles. The first kappa shape index (κ1) is 18.7. The van der Waals surface area contributed by atoms with Gasteiger partial charge in [0.25, 0.3) is 0 Å². The fourth-order valence-electron chi connectivity index (χ4n) is 2.04. The molecule has 1 aromatic carbocycles. The molecule has 2 N–H and O–H groups in total. The highest BCUT2D eigenvalue weighted by Gasteiger charge is 1.95. The second-order valence-electron chi connectivity index (χ2n) is 5.42. The van der Waals surface area contributed by atoms with Gasteiger partial charge in [0.2, 0.25) is 0 Å². The molecule has 124 valence electrons. The summed E-state index contributed by atoms with van der Waals surface area (Å²) in [6, 6.07) is 9.17. The number of rotatable bonds is 6. The fraction of sp³-hybridized carbons (Fsp3) is 0.368. The molecule has 0 atom stereocenters. The van der Waals surface area contributed by atoms with Gasteiger partial charge < -0.3 is 10.4 Å². The summed E-state index contributed by atoms with van der Waals surface area (Å²) in [5, 5.41) is 12.1. The number of aromatic nitrogens is 1. The number of unbranched alkanes of at least 4 members (excludes halogenated alkanes) is 2. The van der Waals surface area contributed by atoms with E-state index in [1.165, 1.54) is 24.8 Å². The molecule has 0 unspecified atom stereocenters. The van der Waals surface area contributed by atoms with Gasteiger partial charge in [0.05, 0.1) is 0 Å². The van der Waals surface area contributed by atoms with Crippen molar-refractivity contribution in [1.29, 1.82) is 0 Å². The van der Waals surface area contributed by atoms with Crippen LogP contribution in [0.25, 0.3) is 0 Å². The Morgan fingerprint density at radius 3 is 2.52 bits per heavy atom. The van der Waals surface area contributed by atoms with Gasteiger partial charge in [-0.2, -0.15) is 0 Å². The number of aromatic hydroxyl groups is 1. The lowest BCUT2D eigenvalue weighted by molar-refractivity contribution is 0.111. The molecule has 0 amide bonds. The molecule has 0 spiro atoms. The van der Waals surface area contributed by atoms with Crippen LogP contribution in [0.5, 0.6) is 5.75 Å². The molecule has 2 aromatic rings. The largest absolute Gasteiger partial charge is 0.508 e. The molecule has 0 radical (unpaired) electrons. The van der Waals surface area contributed by atoms with Crippen LogP contribution in [-0.2, 0) is 6.42 Å². The van der Waals surface area contributed by atoms with Gasteiger partial charge >= 0.3 is 0 Å². The van der Waals surface area contributed by atoms with Crippen molar-refractivity contribution in [1.82, 2.24) is 4.98 Å². The minimum absolute atomic E-state index is 0.346. The number of carbonyl (C=O) groups is 1. The molecule has 0 bridgehead atoms. The van der Waals surface area contributed by atoms with E-state index in [1.54, 1.807) is 18.3 Å². The Labute approximate surface area is 138 Å². The van der Waals surface area contributed by atoms with Crippen molar-refractivity contribution >= 4 is 12.0 Å². The number of pyridine rings is 1. The Morgan fingerprint density at radius 1 is 1.22 bits per heavy atom. The summed E-state index contributed by atoms with van der Waals surface area (Å²) in [6.45, 7) is 4.06. The van der Waals surface area contributed by atoms with Crippen molar-refractivity contribution in [2.45, 2.75) is 39.5 Å². The number of hydrogen-bond acceptors (Lipinski definition) is 4. The van der Waals surface area contributed by atoms with Crippen molar-refractivity contribution in [2.75, 3.05) is 12.4 Å². The maximum absolute atomic E-state index is 10.3. The molecule has 0 aliphatic heterocycles. The van der Waals surface area contributed by atoms with Gasteiger partial charge in [0.1, 0.15) is 11.4 Å². The zero-order valence-corrected chi connectivity index (χ0v) is 14.2. The Balaban J connectivity index is 0.000000238. The topological polar surface area (TPSA) is 62.2 Å². The zero-order chi connectivity index (χ0) is 17.1. The van der Waals surface area contributed by atoms with Crippen LogP contribution in [0.2, 0.25) is 0 Å². The molecule has 1 aromatic heterocycles. The fourth-order valence-corrected chi connectivity index (χ4v) is 2.04. The van der Waals surface area contributed by atoms with E-state index < -0.39 is 0 Å². The third-order valence-electron chi connectivity index (χ3n) is 3.52. The van der Waals surface area contributed by atoms with Gasteiger partial charge in [-0.3, -0.25) is 9.78 Å². The summed E-state index contributed by atoms with van der Waals surface area (Å²) in [4.78, 5) is 14.3. The quantitative estimate of drug-likeness (QED) is 0.472. The van der Waals surface area contributed by atoms with Gasteiger partial charge in [-0.05, 0) is 55.2 Å². The number of anilines is 1. The van der Waals surface area contributed by atoms with E-state index in [9.17, 15) is 4.79 Å². The average Bonchev–Trinajstić information content (AvgIpc) is 2.59. The summed E-state index contributed by atoms with van der Waals surface area (Å²) >= 11 is 0. The minimum atomic E-state index is 0.346. The van der Waals surface area contributed by atoms with Crippen LogP contribution in [-0.4, -0.2) is 23.4 Å². The maximum atomic E-state index is 10.3. The van der Waals surface area contributed by atoms with Crippen LogP contribution in [0.1, 0.15) is 47.8 Å². The van der Waals surface area contributed by atoms with E-state index in [4.69, 9.17) is 5.11 Å². The maximum Gasteiger partial charge on any atom is 0.168 e. The van der Waals surface area contributed by atoms with Gasteiger partial charge in [-0.1, -0.05) is 25.8 Å². The van der Waals surface area contributed by atoms with E-state index in [-0.39, 0.29) is 0 Å². The summed E-state index contributed by atoms with van der Waals surface area (Å²) in [5.74, 6) is 0.346. The molecule has 2 rings (SSSR count). The first-order valence-electron chi connectivity index (χ1n) is 7.98. The van der Waals surface area contributed by atoms with E-state index >= 15 is 0 Å². The molecular formula is C19H26N2O2. The van der Waals surface area contributed by atoms with E-state index in [2.05, 4.69) is 17.2 Å². The predicted molar refractivity (Wildman–Crippen MR) is 95.2 cm³/mol. The van der Waals surface area contributed by atoms with Crippen molar-refractivity contribution in [3.63, 3.8) is 0 Å². The molecule has 1 heterocycles. The van der Waals surface area contributed by atoms with Crippen molar-refractivity contribution in [3.05, 3.63) is 53.3 Å². The summed E-state index contributed by atoms with van der Waals surface area (Å²) in [7, 11) is 1.85. The van der Waals surface area contributed by atoms with E-state index in [0.29, 0.717) is 11.4 Å². The third-order valence-corrected chi connectivity index (χ3v) is 3.52. The number of benzene rings is 1. The second-order valence-corrected chi connectivity index (χ2v) is 5.42. The summed E-state index contributed by atoms with van der Waals surface area (Å²) < 4.78 is 0. The first-order valence-corrected chi connectivity index (χ1v) is 7.98. The van der Waals surface area contributed by atoms with Crippen molar-refractivity contribution < 1.29 is 9.90 Å². The van der Waals surface area contributed by atoms with Crippen LogP contribution in [0.15, 0.2) is 36.5 Å². The molecular weight excluding hydrogens is 288 g/mol. The monoisotopic (exact) mass is 314 g/mol. The highest BCUT2D eigenvalue weighted by atomic mass is 16.3. The van der Waals surface area contributed by atoms with Gasteiger partial charge in [0, 0.05) is 18.9 Å². The molecule has 0 fully saturated rings. The molecule has 0 aliphatic rings. The SMILES string of the molecule is CCCCCc1ccc(C=O)nc1.CNc1ccc(O)c(C)c1. The Bertz CT molecular complexity index is 595.